The van der Waals surface area contributed by atoms with E-state index in [-0.39, 0.29) is 13.2 Å². The number of nitrogens with zero attached hydrogens (tertiary/aromatic N) is 1. The van der Waals surface area contributed by atoms with Crippen LogP contribution in [0, 0.1) is 0 Å². The number of nitrogens with one attached hydrogen (secondary N) is 3. The van der Waals surface area contributed by atoms with Crippen molar-refractivity contribution in [1.82, 2.24) is 16.1 Å². The molecule has 0 aliphatic carbocycles. The van der Waals surface area contributed by atoms with E-state index in [0.29, 0.717) is 27.7 Å². The van der Waals surface area contributed by atoms with Gasteiger partial charge in [-0.1, -0.05) is 52.3 Å². The number of hydrazone groups is 1. The number of halogens is 1. The lowest BCUT2D eigenvalue weighted by atomic mass is 9.95. The number of hydrogen-bond acceptors (Lipinski definition) is 6. The minimum absolute atomic E-state index is 0.241. The van der Waals surface area contributed by atoms with Crippen molar-refractivity contribution in [2.75, 3.05) is 13.2 Å². The van der Waals surface area contributed by atoms with E-state index < -0.39 is 17.9 Å². The van der Waals surface area contributed by atoms with E-state index >= 15 is 0 Å². The summed E-state index contributed by atoms with van der Waals surface area (Å²) in [4.78, 5) is 24.9. The Kier molecular flexibility index (Phi) is 8.56. The fourth-order valence-corrected chi connectivity index (χ4v) is 3.84. The molecule has 3 N–H and O–H groups in total. The Labute approximate surface area is 205 Å². The first-order valence-electron chi connectivity index (χ1n) is 10.1. The third-order valence-electron chi connectivity index (χ3n) is 4.65. The van der Waals surface area contributed by atoms with Gasteiger partial charge in [0.05, 0.1) is 24.4 Å². The van der Waals surface area contributed by atoms with Gasteiger partial charge in [-0.25, -0.2) is 10.2 Å². The first-order valence-corrected chi connectivity index (χ1v) is 11.3. The van der Waals surface area contributed by atoms with Crippen molar-refractivity contribution in [3.05, 3.63) is 75.4 Å². The lowest BCUT2D eigenvalue weighted by Gasteiger charge is -2.30. The molecule has 1 atom stereocenters. The maximum absolute atomic E-state index is 12.6. The zero-order valence-corrected chi connectivity index (χ0v) is 20.5. The van der Waals surface area contributed by atoms with Crippen LogP contribution < -0.4 is 20.8 Å². The van der Waals surface area contributed by atoms with Gasteiger partial charge >= 0.3 is 5.97 Å². The lowest BCUT2D eigenvalue weighted by molar-refractivity contribution is -0.139. The van der Waals surface area contributed by atoms with Crippen LogP contribution in [0.15, 0.2) is 69.4 Å². The molecule has 172 valence electrons. The number of esters is 1. The van der Waals surface area contributed by atoms with Gasteiger partial charge in [0.2, 0.25) is 0 Å². The van der Waals surface area contributed by atoms with Crippen molar-refractivity contribution in [2.45, 2.75) is 19.9 Å². The molecule has 0 saturated carbocycles. The summed E-state index contributed by atoms with van der Waals surface area (Å²) in [5, 5.41) is 10.4. The Morgan fingerprint density at radius 2 is 1.94 bits per heavy atom. The molecular formula is C23H23BrN4O4S. The van der Waals surface area contributed by atoms with Gasteiger partial charge in [-0.3, -0.25) is 4.79 Å². The van der Waals surface area contributed by atoms with E-state index in [1.807, 2.05) is 30.3 Å². The first kappa shape index (κ1) is 24.4. The molecule has 0 spiro atoms. The van der Waals surface area contributed by atoms with Gasteiger partial charge in [-0.15, -0.1) is 0 Å². The summed E-state index contributed by atoms with van der Waals surface area (Å²) in [6.45, 7) is 3.47. The number of rotatable bonds is 8. The number of benzene rings is 2. The van der Waals surface area contributed by atoms with Gasteiger partial charge < -0.3 is 20.1 Å². The molecule has 1 aliphatic heterocycles. The largest absolute Gasteiger partial charge is 0.483 e. The lowest BCUT2D eigenvalue weighted by Crippen LogP contribution is -2.45. The van der Waals surface area contributed by atoms with Crippen molar-refractivity contribution in [1.29, 1.82) is 0 Å². The highest BCUT2D eigenvalue weighted by Gasteiger charge is 2.32. The van der Waals surface area contributed by atoms with Crippen LogP contribution in [0.2, 0.25) is 0 Å². The van der Waals surface area contributed by atoms with Crippen LogP contribution in [-0.2, 0) is 14.3 Å². The smallest absolute Gasteiger partial charge is 0.338 e. The summed E-state index contributed by atoms with van der Waals surface area (Å²) in [7, 11) is 0. The van der Waals surface area contributed by atoms with Gasteiger partial charge in [-0.2, -0.15) is 5.10 Å². The van der Waals surface area contributed by atoms with Crippen molar-refractivity contribution in [3.8, 4) is 5.75 Å². The van der Waals surface area contributed by atoms with Crippen molar-refractivity contribution in [2.24, 2.45) is 5.10 Å². The molecule has 8 nitrogen and oxygen atoms in total. The van der Waals surface area contributed by atoms with Crippen LogP contribution in [0.1, 0.15) is 31.0 Å². The molecule has 33 heavy (non-hydrogen) atoms. The first-order chi connectivity index (χ1) is 15.9. The standard InChI is InChI=1S/C23H23BrN4O4S/c1-3-31-22(30)20-14(2)26-23(33)27-21(20)16-9-5-7-11-18(16)32-13-19(29)28-25-12-15-8-4-6-10-17(15)24/h4-12,21H,3,13H2,1-2H3,(H,28,29)(H2,26,27,33)/t21-/m1/s1. The average Bonchev–Trinajstić information content (AvgIpc) is 2.78. The van der Waals surface area contributed by atoms with Gasteiger partial charge in [-0.05, 0) is 38.2 Å². The van der Waals surface area contributed by atoms with Crippen molar-refractivity contribution >= 4 is 51.4 Å². The number of carbonyl (C=O) groups excluding carboxylic acids is 2. The number of para-hydroxylation sites is 1. The molecule has 10 heteroatoms. The highest BCUT2D eigenvalue weighted by Crippen LogP contribution is 2.33. The molecule has 0 unspecified atom stereocenters. The van der Waals surface area contributed by atoms with E-state index in [4.69, 9.17) is 21.7 Å². The summed E-state index contributed by atoms with van der Waals surface area (Å²) in [6.07, 6.45) is 1.54. The van der Waals surface area contributed by atoms with E-state index in [9.17, 15) is 9.59 Å². The van der Waals surface area contributed by atoms with Crippen LogP contribution in [0.25, 0.3) is 0 Å². The van der Waals surface area contributed by atoms with Crippen LogP contribution in [-0.4, -0.2) is 36.4 Å². The van der Waals surface area contributed by atoms with E-state index in [0.717, 1.165) is 10.0 Å². The quantitative estimate of drug-likeness (QED) is 0.208. The monoisotopic (exact) mass is 530 g/mol. The van der Waals surface area contributed by atoms with E-state index in [2.05, 4.69) is 37.1 Å². The molecule has 0 fully saturated rings. The molecule has 0 saturated heterocycles. The summed E-state index contributed by atoms with van der Waals surface area (Å²) in [5.74, 6) is -0.463. The average molecular weight is 531 g/mol. The Bertz CT molecular complexity index is 1120. The Hall–Kier alpha value is -3.24. The fraction of sp³-hybridized carbons (Fsp3) is 0.217. The second-order valence-corrected chi connectivity index (χ2v) is 8.19. The molecule has 0 aromatic heterocycles. The second kappa shape index (κ2) is 11.6. The van der Waals surface area contributed by atoms with Gasteiger partial charge in [0, 0.05) is 21.3 Å². The predicted molar refractivity (Wildman–Crippen MR) is 133 cm³/mol. The topological polar surface area (TPSA) is 101 Å². The van der Waals surface area contributed by atoms with Gasteiger partial charge in [0.15, 0.2) is 11.7 Å². The fourth-order valence-electron chi connectivity index (χ4n) is 3.19. The van der Waals surface area contributed by atoms with Gasteiger partial charge in [0.25, 0.3) is 5.91 Å². The third kappa shape index (κ3) is 6.39. The minimum Gasteiger partial charge on any atom is -0.483 e. The van der Waals surface area contributed by atoms with E-state index in [1.165, 1.54) is 6.21 Å². The van der Waals surface area contributed by atoms with Crippen LogP contribution >= 0.6 is 28.1 Å². The molecule has 2 aromatic carbocycles. The summed E-state index contributed by atoms with van der Waals surface area (Å²) in [5.41, 5.74) is 4.90. The zero-order valence-electron chi connectivity index (χ0n) is 18.1. The molecule has 1 amide bonds. The molecule has 3 rings (SSSR count). The number of hydrogen-bond donors (Lipinski definition) is 3. The SMILES string of the molecule is CCOC(=O)C1=C(C)NC(=S)N[C@@H]1c1ccccc1OCC(=O)NN=Cc1ccccc1Br. The number of carbonyl (C=O) groups is 2. The minimum atomic E-state index is -0.592. The second-order valence-electron chi connectivity index (χ2n) is 6.93. The highest BCUT2D eigenvalue weighted by atomic mass is 79.9. The normalized spacial score (nSPS) is 15.6. The highest BCUT2D eigenvalue weighted by molar-refractivity contribution is 9.10. The summed E-state index contributed by atoms with van der Waals surface area (Å²) in [6, 6.07) is 14.0. The maximum Gasteiger partial charge on any atom is 0.338 e. The number of ether oxygens (including phenoxy) is 2. The summed E-state index contributed by atoms with van der Waals surface area (Å²) < 4.78 is 11.8. The Morgan fingerprint density at radius 1 is 1.21 bits per heavy atom. The zero-order chi connectivity index (χ0) is 23.8. The van der Waals surface area contributed by atoms with Crippen molar-refractivity contribution < 1.29 is 19.1 Å². The molecule has 2 aromatic rings. The van der Waals surface area contributed by atoms with E-state index in [1.54, 1.807) is 32.0 Å². The molecular weight excluding hydrogens is 508 g/mol. The maximum atomic E-state index is 12.6. The molecule has 0 radical (unpaired) electrons. The number of amides is 1. The van der Waals surface area contributed by atoms with Gasteiger partial charge in [0.1, 0.15) is 5.75 Å². The third-order valence-corrected chi connectivity index (χ3v) is 5.59. The van der Waals surface area contributed by atoms with Crippen LogP contribution in [0.4, 0.5) is 0 Å². The Balaban J connectivity index is 1.73. The number of allylic oxidation sites excluding steroid dienone is 1. The summed E-state index contributed by atoms with van der Waals surface area (Å²) >= 11 is 8.70. The predicted octanol–water partition coefficient (Wildman–Crippen LogP) is 3.33. The van der Waals surface area contributed by atoms with Crippen LogP contribution in [0.5, 0.6) is 5.75 Å². The van der Waals surface area contributed by atoms with Crippen molar-refractivity contribution in [3.63, 3.8) is 0 Å². The molecule has 1 heterocycles. The molecule has 1 aliphatic rings. The Morgan fingerprint density at radius 3 is 2.70 bits per heavy atom. The number of thiocarbonyl (C=S) groups is 1. The molecule has 0 bridgehead atoms. The van der Waals surface area contributed by atoms with Crippen LogP contribution in [0.3, 0.4) is 0 Å².